The van der Waals surface area contributed by atoms with Crippen LogP contribution in [0.25, 0.3) is 0 Å². The van der Waals surface area contributed by atoms with Crippen molar-refractivity contribution in [3.63, 3.8) is 0 Å². The van der Waals surface area contributed by atoms with Crippen molar-refractivity contribution in [2.45, 2.75) is 12.6 Å². The normalized spacial score (nSPS) is 19.8. The van der Waals surface area contributed by atoms with Crippen molar-refractivity contribution >= 4 is 30.1 Å². The molecule has 0 aromatic heterocycles. The lowest BCUT2D eigenvalue weighted by Crippen LogP contribution is -2.43. The van der Waals surface area contributed by atoms with Gasteiger partial charge in [-0.3, -0.25) is 4.79 Å². The molecule has 1 atom stereocenters. The van der Waals surface area contributed by atoms with E-state index in [1.807, 2.05) is 0 Å². The molecule has 0 spiro atoms. The third-order valence-electron chi connectivity index (χ3n) is 2.79. The molecule has 0 saturated carbocycles. The lowest BCUT2D eigenvalue weighted by atomic mass is 10.2. The van der Waals surface area contributed by atoms with Gasteiger partial charge in [-0.1, -0.05) is 6.07 Å². The number of nitrogens with zero attached hydrogens (tertiary/aromatic N) is 1. The molecule has 7 heteroatoms. The standard InChI is InChI=1S/C12H14F2N2OS.ClH/c13-9-2-1-8(5-10(9)14)6-16-3-4-18-7-11(15)12(16)17;/h1-2,5,11H,3-4,6-7,15H2;1H. The van der Waals surface area contributed by atoms with Crippen LogP contribution in [0.1, 0.15) is 5.56 Å². The van der Waals surface area contributed by atoms with Gasteiger partial charge in [0, 0.05) is 24.6 Å². The predicted molar refractivity (Wildman–Crippen MR) is 74.3 cm³/mol. The van der Waals surface area contributed by atoms with Gasteiger partial charge < -0.3 is 10.6 Å². The van der Waals surface area contributed by atoms with Gasteiger partial charge in [0.05, 0.1) is 6.04 Å². The highest BCUT2D eigenvalue weighted by atomic mass is 35.5. The maximum absolute atomic E-state index is 13.1. The first-order valence-electron chi connectivity index (χ1n) is 5.64. The van der Waals surface area contributed by atoms with Crippen LogP contribution in [0.3, 0.4) is 0 Å². The van der Waals surface area contributed by atoms with E-state index in [0.717, 1.165) is 17.9 Å². The average molecular weight is 309 g/mol. The van der Waals surface area contributed by atoms with E-state index in [1.165, 1.54) is 6.07 Å². The third-order valence-corrected chi connectivity index (χ3v) is 3.86. The van der Waals surface area contributed by atoms with Crippen LogP contribution in [0.15, 0.2) is 18.2 Å². The van der Waals surface area contributed by atoms with E-state index in [-0.39, 0.29) is 24.9 Å². The number of carbonyl (C=O) groups excluding carboxylic acids is 1. The molecule has 0 radical (unpaired) electrons. The van der Waals surface area contributed by atoms with Crippen molar-refractivity contribution < 1.29 is 13.6 Å². The van der Waals surface area contributed by atoms with Crippen molar-refractivity contribution in [1.82, 2.24) is 4.90 Å². The molecule has 1 amide bonds. The highest BCUT2D eigenvalue weighted by Gasteiger charge is 2.24. The quantitative estimate of drug-likeness (QED) is 0.906. The van der Waals surface area contributed by atoms with Crippen LogP contribution in [-0.2, 0) is 11.3 Å². The van der Waals surface area contributed by atoms with Gasteiger partial charge in [-0.15, -0.1) is 12.4 Å². The van der Waals surface area contributed by atoms with Crippen LogP contribution in [0.2, 0.25) is 0 Å². The van der Waals surface area contributed by atoms with Crippen LogP contribution < -0.4 is 5.73 Å². The van der Waals surface area contributed by atoms with Crippen LogP contribution in [-0.4, -0.2) is 34.9 Å². The number of thioether (sulfide) groups is 1. The highest BCUT2D eigenvalue weighted by Crippen LogP contribution is 2.15. The zero-order valence-corrected chi connectivity index (χ0v) is 11.8. The summed E-state index contributed by atoms with van der Waals surface area (Å²) in [4.78, 5) is 13.5. The Bertz CT molecular complexity index is 461. The summed E-state index contributed by atoms with van der Waals surface area (Å²) in [6, 6.07) is 3.16. The van der Waals surface area contributed by atoms with E-state index >= 15 is 0 Å². The van der Waals surface area contributed by atoms with Crippen LogP contribution in [0.4, 0.5) is 8.78 Å². The van der Waals surface area contributed by atoms with E-state index in [0.29, 0.717) is 17.9 Å². The smallest absolute Gasteiger partial charge is 0.240 e. The van der Waals surface area contributed by atoms with Gasteiger partial charge in [0.1, 0.15) is 0 Å². The molecule has 1 saturated heterocycles. The number of hydrogen-bond acceptors (Lipinski definition) is 3. The van der Waals surface area contributed by atoms with Crippen LogP contribution in [0.5, 0.6) is 0 Å². The second-order valence-corrected chi connectivity index (χ2v) is 5.34. The topological polar surface area (TPSA) is 46.3 Å². The van der Waals surface area contributed by atoms with E-state index in [2.05, 4.69) is 0 Å². The van der Waals surface area contributed by atoms with E-state index in [1.54, 1.807) is 16.7 Å². The number of amides is 1. The molecular weight excluding hydrogens is 294 g/mol. The minimum absolute atomic E-state index is 0. The maximum atomic E-state index is 13.1. The Morgan fingerprint density at radius 1 is 1.37 bits per heavy atom. The fourth-order valence-corrected chi connectivity index (χ4v) is 2.73. The van der Waals surface area contributed by atoms with Crippen molar-refractivity contribution in [2.24, 2.45) is 5.73 Å². The van der Waals surface area contributed by atoms with Crippen LogP contribution in [0, 0.1) is 11.6 Å². The number of benzene rings is 1. The monoisotopic (exact) mass is 308 g/mol. The summed E-state index contributed by atoms with van der Waals surface area (Å²) in [5.74, 6) is -0.498. The molecule has 0 bridgehead atoms. The first-order chi connectivity index (χ1) is 8.58. The Balaban J connectivity index is 0.00000180. The molecule has 3 nitrogen and oxygen atoms in total. The predicted octanol–water partition coefficient (Wildman–Crippen LogP) is 1.79. The number of nitrogens with two attached hydrogens (primary N) is 1. The van der Waals surface area contributed by atoms with Gasteiger partial charge in [0.2, 0.25) is 5.91 Å². The largest absolute Gasteiger partial charge is 0.336 e. The average Bonchev–Trinajstić information content (AvgIpc) is 2.49. The Morgan fingerprint density at radius 2 is 2.11 bits per heavy atom. The van der Waals surface area contributed by atoms with Gasteiger partial charge in [0.25, 0.3) is 0 Å². The summed E-state index contributed by atoms with van der Waals surface area (Å²) >= 11 is 1.63. The molecular formula is C12H15ClF2N2OS. The summed E-state index contributed by atoms with van der Waals surface area (Å²) in [5, 5.41) is 0. The summed E-state index contributed by atoms with van der Waals surface area (Å²) in [7, 11) is 0. The molecule has 19 heavy (non-hydrogen) atoms. The summed E-state index contributed by atoms with van der Waals surface area (Å²) in [5.41, 5.74) is 6.30. The molecule has 1 aromatic rings. The fraction of sp³-hybridized carbons (Fsp3) is 0.417. The number of halogens is 3. The molecule has 1 aromatic carbocycles. The molecule has 0 aliphatic carbocycles. The molecule has 1 aliphatic heterocycles. The summed E-state index contributed by atoms with van der Waals surface area (Å²) in [6.07, 6.45) is 0. The number of carbonyl (C=O) groups is 1. The number of rotatable bonds is 2. The van der Waals surface area contributed by atoms with Crippen molar-refractivity contribution in [2.75, 3.05) is 18.1 Å². The third kappa shape index (κ3) is 4.06. The first kappa shape index (κ1) is 16.2. The SMILES string of the molecule is Cl.NC1CSCCN(Cc2ccc(F)c(F)c2)C1=O. The maximum Gasteiger partial charge on any atom is 0.240 e. The van der Waals surface area contributed by atoms with Gasteiger partial charge in [0.15, 0.2) is 11.6 Å². The van der Waals surface area contributed by atoms with Gasteiger partial charge in [-0.25, -0.2) is 8.78 Å². The molecule has 2 rings (SSSR count). The van der Waals surface area contributed by atoms with Crippen molar-refractivity contribution in [3.8, 4) is 0 Å². The Labute approximate surface area is 120 Å². The lowest BCUT2D eigenvalue weighted by Gasteiger charge is -2.22. The second-order valence-electron chi connectivity index (χ2n) is 4.19. The Morgan fingerprint density at radius 3 is 2.79 bits per heavy atom. The van der Waals surface area contributed by atoms with E-state index in [4.69, 9.17) is 5.73 Å². The Kier molecular flexibility index (Phi) is 6.03. The zero-order chi connectivity index (χ0) is 13.1. The van der Waals surface area contributed by atoms with E-state index in [9.17, 15) is 13.6 Å². The molecule has 106 valence electrons. The zero-order valence-electron chi connectivity index (χ0n) is 10.1. The summed E-state index contributed by atoms with van der Waals surface area (Å²) in [6.45, 7) is 0.848. The molecule has 1 aliphatic rings. The van der Waals surface area contributed by atoms with Gasteiger partial charge >= 0.3 is 0 Å². The second kappa shape index (κ2) is 7.07. The van der Waals surface area contributed by atoms with E-state index < -0.39 is 17.7 Å². The molecule has 1 heterocycles. The van der Waals surface area contributed by atoms with Crippen molar-refractivity contribution in [1.29, 1.82) is 0 Å². The van der Waals surface area contributed by atoms with Crippen molar-refractivity contribution in [3.05, 3.63) is 35.4 Å². The molecule has 1 unspecified atom stereocenters. The number of hydrogen-bond donors (Lipinski definition) is 1. The van der Waals surface area contributed by atoms with Crippen LogP contribution >= 0.6 is 24.2 Å². The Hall–Kier alpha value is -0.850. The fourth-order valence-electron chi connectivity index (χ4n) is 1.82. The minimum atomic E-state index is -0.895. The first-order valence-corrected chi connectivity index (χ1v) is 6.79. The molecule has 2 N–H and O–H groups in total. The van der Waals surface area contributed by atoms with Gasteiger partial charge in [-0.2, -0.15) is 11.8 Å². The van der Waals surface area contributed by atoms with Gasteiger partial charge in [-0.05, 0) is 17.7 Å². The summed E-state index contributed by atoms with van der Waals surface area (Å²) < 4.78 is 25.9. The lowest BCUT2D eigenvalue weighted by molar-refractivity contribution is -0.132. The highest BCUT2D eigenvalue weighted by molar-refractivity contribution is 7.99. The minimum Gasteiger partial charge on any atom is -0.336 e. The molecule has 1 fully saturated rings.